The molecule has 1 aromatic heterocycles. The van der Waals surface area contributed by atoms with Crippen LogP contribution in [-0.2, 0) is 0 Å². The van der Waals surface area contributed by atoms with E-state index in [-0.39, 0.29) is 16.7 Å². The average molecular weight is 374 g/mol. The highest BCUT2D eigenvalue weighted by atomic mass is 32.2. The average Bonchev–Trinajstić information content (AvgIpc) is 3.33. The number of benzene rings is 1. The number of hydrogen-bond acceptors (Lipinski definition) is 5. The highest BCUT2D eigenvalue weighted by molar-refractivity contribution is 8.00. The lowest BCUT2D eigenvalue weighted by atomic mass is 9.75. The number of hydrogen-bond donors (Lipinski definition) is 3. The van der Waals surface area contributed by atoms with Crippen molar-refractivity contribution in [3.05, 3.63) is 49.9 Å². The fourth-order valence-corrected chi connectivity index (χ4v) is 8.04. The molecule has 1 aromatic carbocycles. The minimum atomic E-state index is -0.282. The molecule has 2 aliphatic carbocycles. The van der Waals surface area contributed by atoms with Gasteiger partial charge in [-0.1, -0.05) is 23.5 Å². The normalized spacial score (nSPS) is 32.3. The van der Waals surface area contributed by atoms with Crippen molar-refractivity contribution in [2.24, 2.45) is 23.6 Å². The summed E-state index contributed by atoms with van der Waals surface area (Å²) in [4.78, 5) is 28.0. The lowest BCUT2D eigenvalue weighted by Gasteiger charge is -2.40. The quantitative estimate of drug-likeness (QED) is 0.429. The Balaban J connectivity index is 1.60. The maximum Gasteiger partial charge on any atom is 0.305 e. The van der Waals surface area contributed by atoms with E-state index in [2.05, 4.69) is 10.4 Å². The Morgan fingerprint density at radius 2 is 1.96 bits per heavy atom. The molecule has 1 aliphatic heterocycles. The lowest BCUT2D eigenvalue weighted by Crippen LogP contribution is -2.33. The third kappa shape index (κ3) is 2.33. The number of nitrogen functional groups attached to an aromatic ring is 1. The maximum atomic E-state index is 12.0. The Kier molecular flexibility index (Phi) is 3.59. The van der Waals surface area contributed by atoms with Crippen molar-refractivity contribution in [3.8, 4) is 0 Å². The molecule has 130 valence electrons. The van der Waals surface area contributed by atoms with Crippen LogP contribution in [0, 0.1) is 17.8 Å². The number of aromatic nitrogens is 1. The number of nitrogens with one attached hydrogen (secondary N) is 2. The zero-order valence-electron chi connectivity index (χ0n) is 13.5. The second-order valence-corrected chi connectivity index (χ2v) is 9.48. The number of amides is 1. The second kappa shape index (κ2) is 5.72. The summed E-state index contributed by atoms with van der Waals surface area (Å²) in [6.45, 7) is 0. The summed E-state index contributed by atoms with van der Waals surface area (Å²) in [5, 5.41) is 1.67. The summed E-state index contributed by atoms with van der Waals surface area (Å²) in [6, 6.07) is 7.72. The maximum absolute atomic E-state index is 12.0. The number of thioether (sulfide) groups is 1. The Bertz CT molecular complexity index is 888. The van der Waals surface area contributed by atoms with E-state index in [1.54, 1.807) is 0 Å². The molecule has 2 saturated carbocycles. The Labute approximate surface area is 153 Å². The van der Waals surface area contributed by atoms with E-state index in [0.717, 1.165) is 16.9 Å². The molecule has 0 spiro atoms. The zero-order chi connectivity index (χ0) is 17.1. The summed E-state index contributed by atoms with van der Waals surface area (Å²) in [5.41, 5.74) is 3.93. The van der Waals surface area contributed by atoms with E-state index in [4.69, 9.17) is 5.84 Å². The fraction of sp³-hybridized carbons (Fsp3) is 0.444. The number of thiazole rings is 1. The molecule has 2 fully saturated rings. The Morgan fingerprint density at radius 1 is 1.20 bits per heavy atom. The Hall–Kier alpha value is -1.57. The van der Waals surface area contributed by atoms with Gasteiger partial charge in [0.15, 0.2) is 0 Å². The first-order valence-electron chi connectivity index (χ1n) is 8.66. The largest absolute Gasteiger partial charge is 0.307 e. The van der Waals surface area contributed by atoms with E-state index in [0.29, 0.717) is 16.7 Å². The molecule has 5 atom stereocenters. The summed E-state index contributed by atoms with van der Waals surface area (Å²) in [7, 11) is 0. The lowest BCUT2D eigenvalue weighted by molar-refractivity contribution is 0.0953. The van der Waals surface area contributed by atoms with Gasteiger partial charge in [-0.3, -0.25) is 15.0 Å². The van der Waals surface area contributed by atoms with E-state index in [1.807, 2.05) is 36.0 Å². The molecule has 0 radical (unpaired) electrons. The van der Waals surface area contributed by atoms with Crippen molar-refractivity contribution >= 4 is 29.0 Å². The molecule has 1 amide bonds. The first-order valence-corrected chi connectivity index (χ1v) is 10.4. The predicted octanol–water partition coefficient (Wildman–Crippen LogP) is 2.69. The summed E-state index contributed by atoms with van der Waals surface area (Å²) < 4.78 is 0. The first-order chi connectivity index (χ1) is 12.2. The van der Waals surface area contributed by atoms with Gasteiger partial charge in [-0.25, -0.2) is 5.84 Å². The topological polar surface area (TPSA) is 88.0 Å². The number of hydrazine groups is 1. The van der Waals surface area contributed by atoms with Gasteiger partial charge < -0.3 is 4.98 Å². The smallest absolute Gasteiger partial charge is 0.305 e. The molecular weight excluding hydrogens is 354 g/mol. The van der Waals surface area contributed by atoms with Gasteiger partial charge >= 0.3 is 4.87 Å². The zero-order valence-corrected chi connectivity index (χ0v) is 15.2. The van der Waals surface area contributed by atoms with Gasteiger partial charge in [-0.2, -0.15) is 0 Å². The molecule has 2 aromatic rings. The van der Waals surface area contributed by atoms with Gasteiger partial charge in [0.25, 0.3) is 5.91 Å². The van der Waals surface area contributed by atoms with Crippen LogP contribution in [0.25, 0.3) is 0 Å². The number of carbonyl (C=O) groups is 1. The van der Waals surface area contributed by atoms with E-state index in [9.17, 15) is 9.59 Å². The molecule has 5 nitrogen and oxygen atoms in total. The van der Waals surface area contributed by atoms with Crippen LogP contribution in [-0.4, -0.2) is 16.1 Å². The molecule has 25 heavy (non-hydrogen) atoms. The number of nitrogens with two attached hydrogens (primary N) is 1. The third-order valence-electron chi connectivity index (χ3n) is 6.13. The Morgan fingerprint density at radius 3 is 2.72 bits per heavy atom. The van der Waals surface area contributed by atoms with Crippen molar-refractivity contribution < 1.29 is 4.79 Å². The summed E-state index contributed by atoms with van der Waals surface area (Å²) in [6.07, 6.45) is 3.96. The van der Waals surface area contributed by atoms with Crippen molar-refractivity contribution in [1.82, 2.24) is 10.4 Å². The minimum Gasteiger partial charge on any atom is -0.307 e. The molecule has 2 heterocycles. The van der Waals surface area contributed by atoms with Crippen LogP contribution in [0.3, 0.4) is 0 Å². The van der Waals surface area contributed by atoms with E-state index >= 15 is 0 Å². The van der Waals surface area contributed by atoms with Gasteiger partial charge in [0, 0.05) is 21.6 Å². The van der Waals surface area contributed by atoms with Gasteiger partial charge in [0.2, 0.25) is 0 Å². The number of H-pyrrole nitrogens is 1. The number of aromatic amines is 1. The number of fused-ring (bicyclic) bond motifs is 6. The number of rotatable bonds is 2. The minimum absolute atomic E-state index is 0.0361. The van der Waals surface area contributed by atoms with Crippen LogP contribution in [0.2, 0.25) is 0 Å². The van der Waals surface area contributed by atoms with E-state index < -0.39 is 0 Å². The van der Waals surface area contributed by atoms with Crippen molar-refractivity contribution in [3.63, 3.8) is 0 Å². The molecule has 0 unspecified atom stereocenters. The molecule has 5 rings (SSSR count). The van der Waals surface area contributed by atoms with Crippen molar-refractivity contribution in [2.45, 2.75) is 35.5 Å². The first kappa shape index (κ1) is 15.7. The highest BCUT2D eigenvalue weighted by Crippen LogP contribution is 2.63. The van der Waals surface area contributed by atoms with E-state index in [1.165, 1.54) is 41.0 Å². The van der Waals surface area contributed by atoms with Gasteiger partial charge in [0.1, 0.15) is 0 Å². The summed E-state index contributed by atoms with van der Waals surface area (Å²) in [5.74, 6) is 7.33. The van der Waals surface area contributed by atoms with Gasteiger partial charge in [0.05, 0.1) is 5.03 Å². The summed E-state index contributed by atoms with van der Waals surface area (Å²) >= 11 is 3.25. The van der Waals surface area contributed by atoms with Crippen molar-refractivity contribution in [1.29, 1.82) is 0 Å². The van der Waals surface area contributed by atoms with Crippen LogP contribution in [0.15, 0.2) is 34.1 Å². The van der Waals surface area contributed by atoms with Gasteiger partial charge in [-0.05, 0) is 54.7 Å². The van der Waals surface area contributed by atoms with Crippen LogP contribution >= 0.6 is 23.1 Å². The molecule has 2 bridgehead atoms. The van der Waals surface area contributed by atoms with Crippen LogP contribution in [0.5, 0.6) is 0 Å². The van der Waals surface area contributed by atoms with Gasteiger partial charge in [-0.15, -0.1) is 11.8 Å². The predicted molar refractivity (Wildman–Crippen MR) is 98.8 cm³/mol. The SMILES string of the molecule is NNC(=O)c1ccc([C@@H]2c3sc(=O)[nH]c3S[C@H]3[C@H]4CC[C@@H](C4)[C@@H]23)cc1. The molecule has 4 N–H and O–H groups in total. The van der Waals surface area contributed by atoms with Crippen LogP contribution in [0.1, 0.15) is 46.0 Å². The number of carbonyl (C=O) groups excluding carboxylic acids is 1. The fourth-order valence-electron chi connectivity index (χ4n) is 5.15. The van der Waals surface area contributed by atoms with Crippen LogP contribution < -0.4 is 16.1 Å². The molecule has 7 heteroatoms. The molecule has 0 saturated heterocycles. The highest BCUT2D eigenvalue weighted by Gasteiger charge is 2.54. The standard InChI is InChI=1S/C18H19N3O2S2/c19-21-16(22)9-3-1-8(2-4-9)12-13-10-5-6-11(7-10)14(13)24-17-15(12)25-18(23)20-17/h1-4,10-14H,5-7,19H2,(H,20,23)(H,21,22)/t10-,11-,12-,13-,14-/m0/s1. The van der Waals surface area contributed by atoms with Crippen molar-refractivity contribution in [2.75, 3.05) is 0 Å². The van der Waals surface area contributed by atoms with Crippen LogP contribution in [0.4, 0.5) is 0 Å². The monoisotopic (exact) mass is 373 g/mol. The molecule has 3 aliphatic rings. The molecular formula is C18H19N3O2S2. The second-order valence-electron chi connectivity index (χ2n) is 7.27. The third-order valence-corrected chi connectivity index (χ3v) is 8.75.